The zero-order chi connectivity index (χ0) is 13.5. The van der Waals surface area contributed by atoms with Gasteiger partial charge in [0.25, 0.3) is 0 Å². The van der Waals surface area contributed by atoms with Crippen LogP contribution in [-0.4, -0.2) is 25.5 Å². The predicted molar refractivity (Wildman–Crippen MR) is 78.2 cm³/mol. The highest BCUT2D eigenvalue weighted by atomic mass is 35.5. The number of amides is 1. The molecule has 3 nitrogen and oxygen atoms in total. The Morgan fingerprint density at radius 1 is 1.26 bits per heavy atom. The molecular weight excluding hydrogens is 267 g/mol. The maximum atomic E-state index is 12.8. The van der Waals surface area contributed by atoms with Crippen molar-refractivity contribution >= 4 is 18.3 Å². The van der Waals surface area contributed by atoms with Gasteiger partial charge in [-0.25, -0.2) is 4.39 Å². The van der Waals surface area contributed by atoms with E-state index in [1.165, 1.54) is 12.1 Å². The smallest absolute Gasteiger partial charge is 0.220 e. The average Bonchev–Trinajstić information content (AvgIpc) is 2.36. The van der Waals surface area contributed by atoms with Crippen LogP contribution in [0.4, 0.5) is 4.39 Å². The summed E-state index contributed by atoms with van der Waals surface area (Å²) in [4.78, 5) is 11.7. The van der Waals surface area contributed by atoms with E-state index in [2.05, 4.69) is 10.6 Å². The van der Waals surface area contributed by atoms with E-state index in [9.17, 15) is 9.18 Å². The normalized spacial score (nSPS) is 13.3. The highest BCUT2D eigenvalue weighted by Crippen LogP contribution is 2.18. The molecule has 0 aliphatic carbocycles. The number of rotatable bonds is 6. The molecular formula is C14H22ClFN2O. The summed E-state index contributed by atoms with van der Waals surface area (Å²) >= 11 is 0. The van der Waals surface area contributed by atoms with Gasteiger partial charge in [-0.05, 0) is 37.6 Å². The lowest BCUT2D eigenvalue weighted by Gasteiger charge is -2.14. The molecule has 1 rings (SSSR count). The zero-order valence-electron chi connectivity index (χ0n) is 11.6. The van der Waals surface area contributed by atoms with E-state index < -0.39 is 0 Å². The Labute approximate surface area is 120 Å². The Morgan fingerprint density at radius 3 is 2.37 bits per heavy atom. The van der Waals surface area contributed by atoms with Crippen molar-refractivity contribution < 1.29 is 9.18 Å². The van der Waals surface area contributed by atoms with Crippen molar-refractivity contribution in [3.05, 3.63) is 35.6 Å². The van der Waals surface area contributed by atoms with Crippen LogP contribution in [0.2, 0.25) is 0 Å². The monoisotopic (exact) mass is 288 g/mol. The van der Waals surface area contributed by atoms with Gasteiger partial charge in [0.1, 0.15) is 5.82 Å². The number of hydrogen-bond donors (Lipinski definition) is 2. The van der Waals surface area contributed by atoms with E-state index in [-0.39, 0.29) is 36.1 Å². The third-order valence-corrected chi connectivity index (χ3v) is 3.03. The summed E-state index contributed by atoms with van der Waals surface area (Å²) in [6.07, 6.45) is 0.419. The van der Waals surface area contributed by atoms with E-state index in [1.807, 2.05) is 20.9 Å². The van der Waals surface area contributed by atoms with Gasteiger partial charge in [-0.3, -0.25) is 4.79 Å². The first kappa shape index (κ1) is 17.9. The van der Waals surface area contributed by atoms with E-state index >= 15 is 0 Å². The number of nitrogens with one attached hydrogen (secondary N) is 2. The summed E-state index contributed by atoms with van der Waals surface area (Å²) in [5.41, 5.74) is 0.980. The van der Waals surface area contributed by atoms with Gasteiger partial charge >= 0.3 is 0 Å². The zero-order valence-corrected chi connectivity index (χ0v) is 12.4. The summed E-state index contributed by atoms with van der Waals surface area (Å²) in [5, 5.41) is 5.93. The third-order valence-electron chi connectivity index (χ3n) is 3.03. The minimum absolute atomic E-state index is 0. The van der Waals surface area contributed by atoms with Gasteiger partial charge in [-0.1, -0.05) is 19.1 Å². The summed E-state index contributed by atoms with van der Waals surface area (Å²) in [5.74, 6) is -0.136. The van der Waals surface area contributed by atoms with Crippen LogP contribution < -0.4 is 10.6 Å². The number of halogens is 2. The first-order valence-electron chi connectivity index (χ1n) is 6.22. The lowest BCUT2D eigenvalue weighted by Crippen LogP contribution is -2.37. The fraction of sp³-hybridized carbons (Fsp3) is 0.500. The molecule has 2 N–H and O–H groups in total. The molecule has 1 aromatic carbocycles. The van der Waals surface area contributed by atoms with E-state index in [1.54, 1.807) is 12.1 Å². The first-order valence-corrected chi connectivity index (χ1v) is 6.22. The lowest BCUT2D eigenvalue weighted by molar-refractivity contribution is -0.121. The Balaban J connectivity index is 0.00000324. The topological polar surface area (TPSA) is 41.1 Å². The molecule has 19 heavy (non-hydrogen) atoms. The Morgan fingerprint density at radius 2 is 1.84 bits per heavy atom. The molecule has 5 heteroatoms. The van der Waals surface area contributed by atoms with Gasteiger partial charge < -0.3 is 10.6 Å². The van der Waals surface area contributed by atoms with Crippen LogP contribution in [0.25, 0.3) is 0 Å². The van der Waals surface area contributed by atoms with Crippen LogP contribution in [0.15, 0.2) is 24.3 Å². The highest BCUT2D eigenvalue weighted by molar-refractivity contribution is 5.85. The molecule has 0 heterocycles. The van der Waals surface area contributed by atoms with Crippen LogP contribution in [0.3, 0.4) is 0 Å². The summed E-state index contributed by atoms with van der Waals surface area (Å²) in [6.45, 7) is 4.59. The van der Waals surface area contributed by atoms with Crippen molar-refractivity contribution in [3.63, 3.8) is 0 Å². The fourth-order valence-electron chi connectivity index (χ4n) is 1.63. The quantitative estimate of drug-likeness (QED) is 0.844. The van der Waals surface area contributed by atoms with Gasteiger partial charge in [0.05, 0.1) is 0 Å². The maximum absolute atomic E-state index is 12.8. The van der Waals surface area contributed by atoms with Crippen molar-refractivity contribution in [2.24, 2.45) is 0 Å². The Bertz CT molecular complexity index is 384. The van der Waals surface area contributed by atoms with Crippen LogP contribution in [-0.2, 0) is 4.79 Å². The average molecular weight is 289 g/mol. The van der Waals surface area contributed by atoms with Crippen LogP contribution >= 0.6 is 12.4 Å². The maximum Gasteiger partial charge on any atom is 0.220 e. The molecule has 0 aliphatic rings. The van der Waals surface area contributed by atoms with Gasteiger partial charge in [-0.2, -0.15) is 0 Å². The number of carbonyl (C=O) groups is 1. The minimum atomic E-state index is -0.252. The number of carbonyl (C=O) groups excluding carboxylic acids is 1. The minimum Gasteiger partial charge on any atom is -0.355 e. The standard InChI is InChI=1S/C14H21FN2O.ClH/c1-10(12-4-6-13(15)7-5-12)8-14(18)17-9-11(2)16-3;/h4-7,10-11,16H,8-9H2,1-3H3,(H,17,18);1H. The molecule has 0 fully saturated rings. The van der Waals surface area contributed by atoms with Crippen LogP contribution in [0, 0.1) is 5.82 Å². The molecule has 108 valence electrons. The molecule has 0 bridgehead atoms. The molecule has 0 saturated carbocycles. The SMILES string of the molecule is CNC(C)CNC(=O)CC(C)c1ccc(F)cc1.Cl. The number of benzene rings is 1. The van der Waals surface area contributed by atoms with E-state index in [4.69, 9.17) is 0 Å². The molecule has 1 amide bonds. The third kappa shape index (κ3) is 6.55. The van der Waals surface area contributed by atoms with Crippen molar-refractivity contribution in [2.45, 2.75) is 32.2 Å². The molecule has 2 unspecified atom stereocenters. The molecule has 2 atom stereocenters. The predicted octanol–water partition coefficient (Wildman–Crippen LogP) is 2.47. The number of hydrogen-bond acceptors (Lipinski definition) is 2. The summed E-state index contributed by atoms with van der Waals surface area (Å²) in [6, 6.07) is 6.56. The highest BCUT2D eigenvalue weighted by Gasteiger charge is 2.11. The van der Waals surface area contributed by atoms with E-state index in [0.29, 0.717) is 13.0 Å². The van der Waals surface area contributed by atoms with Crippen molar-refractivity contribution in [3.8, 4) is 0 Å². The Hall–Kier alpha value is -1.13. The molecule has 0 radical (unpaired) electrons. The van der Waals surface area contributed by atoms with Crippen molar-refractivity contribution in [2.75, 3.05) is 13.6 Å². The number of likely N-dealkylation sites (N-methyl/N-ethyl adjacent to an activating group) is 1. The summed E-state index contributed by atoms with van der Waals surface area (Å²) in [7, 11) is 1.86. The molecule has 0 spiro atoms. The first-order chi connectivity index (χ1) is 8.52. The summed E-state index contributed by atoms with van der Waals surface area (Å²) < 4.78 is 12.8. The second kappa shape index (κ2) is 8.88. The van der Waals surface area contributed by atoms with Crippen LogP contribution in [0.5, 0.6) is 0 Å². The van der Waals surface area contributed by atoms with Gasteiger partial charge in [0.15, 0.2) is 0 Å². The van der Waals surface area contributed by atoms with Gasteiger partial charge in [-0.15, -0.1) is 12.4 Å². The molecule has 0 aromatic heterocycles. The fourth-order valence-corrected chi connectivity index (χ4v) is 1.63. The van der Waals surface area contributed by atoms with Crippen LogP contribution in [0.1, 0.15) is 31.7 Å². The largest absolute Gasteiger partial charge is 0.355 e. The van der Waals surface area contributed by atoms with Crippen molar-refractivity contribution in [1.29, 1.82) is 0 Å². The Kier molecular flexibility index (Phi) is 8.35. The lowest BCUT2D eigenvalue weighted by atomic mass is 9.97. The van der Waals surface area contributed by atoms with Gasteiger partial charge in [0, 0.05) is 19.0 Å². The van der Waals surface area contributed by atoms with E-state index in [0.717, 1.165) is 5.56 Å². The van der Waals surface area contributed by atoms with Crippen molar-refractivity contribution in [1.82, 2.24) is 10.6 Å². The second-order valence-corrected chi connectivity index (χ2v) is 4.65. The molecule has 1 aromatic rings. The molecule has 0 saturated heterocycles. The molecule has 0 aliphatic heterocycles. The van der Waals surface area contributed by atoms with Gasteiger partial charge in [0.2, 0.25) is 5.91 Å². The second-order valence-electron chi connectivity index (χ2n) is 4.65.